The summed E-state index contributed by atoms with van der Waals surface area (Å²) in [6.45, 7) is 3.66. The van der Waals surface area contributed by atoms with Gasteiger partial charge in [-0.15, -0.1) is 0 Å². The van der Waals surface area contributed by atoms with Gasteiger partial charge in [-0.05, 0) is 18.9 Å². The van der Waals surface area contributed by atoms with Crippen LogP contribution < -0.4 is 0 Å². The molecule has 1 saturated heterocycles. The third-order valence-corrected chi connectivity index (χ3v) is 2.91. The normalized spacial score (nSPS) is 23.0. The van der Waals surface area contributed by atoms with E-state index in [1.54, 1.807) is 0 Å². The maximum absolute atomic E-state index is 12.1. The minimum atomic E-state index is -4.13. The SMILES string of the molecule is CC(C)C(=O)C[C@H]1CCN(CC(F)(F)F)C1. The van der Waals surface area contributed by atoms with Crippen LogP contribution in [0.1, 0.15) is 26.7 Å². The van der Waals surface area contributed by atoms with Crippen LogP contribution in [0.25, 0.3) is 0 Å². The van der Waals surface area contributed by atoms with E-state index in [4.69, 9.17) is 0 Å². The third-order valence-electron chi connectivity index (χ3n) is 2.91. The summed E-state index contributed by atoms with van der Waals surface area (Å²) in [7, 11) is 0. The molecule has 0 spiro atoms. The number of rotatable bonds is 4. The molecule has 0 amide bonds. The molecule has 1 aliphatic rings. The van der Waals surface area contributed by atoms with Crippen molar-refractivity contribution in [2.45, 2.75) is 32.9 Å². The Morgan fingerprint density at radius 3 is 2.56 bits per heavy atom. The molecule has 1 aliphatic heterocycles. The first-order valence-corrected chi connectivity index (χ1v) is 5.59. The van der Waals surface area contributed by atoms with Crippen molar-refractivity contribution in [3.8, 4) is 0 Å². The van der Waals surface area contributed by atoms with Gasteiger partial charge in [0.25, 0.3) is 0 Å². The van der Waals surface area contributed by atoms with Gasteiger partial charge in [-0.2, -0.15) is 13.2 Å². The minimum absolute atomic E-state index is 0.0170. The zero-order chi connectivity index (χ0) is 12.3. The van der Waals surface area contributed by atoms with Crippen molar-refractivity contribution in [1.82, 2.24) is 4.90 Å². The van der Waals surface area contributed by atoms with Crippen molar-refractivity contribution in [2.24, 2.45) is 11.8 Å². The number of ketones is 1. The highest BCUT2D eigenvalue weighted by Crippen LogP contribution is 2.25. The molecular weight excluding hydrogens is 219 g/mol. The van der Waals surface area contributed by atoms with Gasteiger partial charge >= 0.3 is 6.18 Å². The standard InChI is InChI=1S/C11H18F3NO/c1-8(2)10(16)5-9-3-4-15(6-9)7-11(12,13)14/h8-9H,3-7H2,1-2H3/t9-/m1/s1. The Hall–Kier alpha value is -0.580. The summed E-state index contributed by atoms with van der Waals surface area (Å²) >= 11 is 0. The maximum Gasteiger partial charge on any atom is 0.401 e. The molecule has 1 heterocycles. The van der Waals surface area contributed by atoms with E-state index in [0.717, 1.165) is 0 Å². The van der Waals surface area contributed by atoms with Crippen LogP contribution in [0.3, 0.4) is 0 Å². The number of halogens is 3. The number of carbonyl (C=O) groups is 1. The molecule has 0 radical (unpaired) electrons. The Balaban J connectivity index is 2.33. The first-order valence-electron chi connectivity index (χ1n) is 5.59. The lowest BCUT2D eigenvalue weighted by atomic mass is 9.96. The molecule has 16 heavy (non-hydrogen) atoms. The zero-order valence-electron chi connectivity index (χ0n) is 9.68. The summed E-state index contributed by atoms with van der Waals surface area (Å²) in [5.41, 5.74) is 0. The summed E-state index contributed by atoms with van der Waals surface area (Å²) in [4.78, 5) is 12.8. The number of Topliss-reactive ketones (excluding diaryl/α,β-unsaturated/α-hetero) is 1. The van der Waals surface area contributed by atoms with Crippen molar-refractivity contribution in [2.75, 3.05) is 19.6 Å². The zero-order valence-corrected chi connectivity index (χ0v) is 9.68. The molecule has 5 heteroatoms. The van der Waals surface area contributed by atoms with E-state index in [0.29, 0.717) is 25.9 Å². The Morgan fingerprint density at radius 2 is 2.06 bits per heavy atom. The second-order valence-electron chi connectivity index (χ2n) is 4.83. The first kappa shape index (κ1) is 13.5. The monoisotopic (exact) mass is 237 g/mol. The summed E-state index contributed by atoms with van der Waals surface area (Å²) < 4.78 is 36.4. The van der Waals surface area contributed by atoms with Crippen molar-refractivity contribution in [3.63, 3.8) is 0 Å². The van der Waals surface area contributed by atoms with Crippen LogP contribution in [0, 0.1) is 11.8 Å². The van der Waals surface area contributed by atoms with E-state index in [-0.39, 0.29) is 17.6 Å². The number of alkyl halides is 3. The topological polar surface area (TPSA) is 20.3 Å². The fraction of sp³-hybridized carbons (Fsp3) is 0.909. The second-order valence-corrected chi connectivity index (χ2v) is 4.83. The summed E-state index contributed by atoms with van der Waals surface area (Å²) in [5.74, 6) is 0.243. The lowest BCUT2D eigenvalue weighted by molar-refractivity contribution is -0.143. The molecule has 0 bridgehead atoms. The quantitative estimate of drug-likeness (QED) is 0.748. The van der Waals surface area contributed by atoms with E-state index in [9.17, 15) is 18.0 Å². The van der Waals surface area contributed by atoms with E-state index >= 15 is 0 Å². The number of carbonyl (C=O) groups excluding carboxylic acids is 1. The van der Waals surface area contributed by atoms with Crippen molar-refractivity contribution >= 4 is 5.78 Å². The van der Waals surface area contributed by atoms with Gasteiger partial charge in [-0.25, -0.2) is 0 Å². The van der Waals surface area contributed by atoms with Gasteiger partial charge in [-0.3, -0.25) is 9.69 Å². The maximum atomic E-state index is 12.1. The number of hydrogen-bond acceptors (Lipinski definition) is 2. The molecule has 1 rings (SSSR count). The van der Waals surface area contributed by atoms with Gasteiger partial charge in [0.1, 0.15) is 5.78 Å². The number of hydrogen-bond donors (Lipinski definition) is 0. The lowest BCUT2D eigenvalue weighted by Gasteiger charge is -2.17. The number of nitrogens with zero attached hydrogens (tertiary/aromatic N) is 1. The summed E-state index contributed by atoms with van der Waals surface area (Å²) in [6.07, 6.45) is -3.00. The summed E-state index contributed by atoms with van der Waals surface area (Å²) in [5, 5.41) is 0. The molecule has 0 aliphatic carbocycles. The summed E-state index contributed by atoms with van der Waals surface area (Å²) in [6, 6.07) is 0. The predicted molar refractivity (Wildman–Crippen MR) is 55.1 cm³/mol. The Labute approximate surface area is 93.8 Å². The Morgan fingerprint density at radius 1 is 1.44 bits per heavy atom. The van der Waals surface area contributed by atoms with Crippen molar-refractivity contribution in [3.05, 3.63) is 0 Å². The average molecular weight is 237 g/mol. The predicted octanol–water partition coefficient (Wildman–Crippen LogP) is 2.49. The molecule has 0 aromatic rings. The van der Waals surface area contributed by atoms with Crippen molar-refractivity contribution in [1.29, 1.82) is 0 Å². The fourth-order valence-corrected chi connectivity index (χ4v) is 2.00. The molecule has 0 saturated carbocycles. The van der Waals surface area contributed by atoms with Gasteiger partial charge in [0.15, 0.2) is 0 Å². The average Bonchev–Trinajstić information content (AvgIpc) is 2.49. The Kier molecular flexibility index (Phi) is 4.35. The fourth-order valence-electron chi connectivity index (χ4n) is 2.00. The van der Waals surface area contributed by atoms with Gasteiger partial charge in [0.05, 0.1) is 6.54 Å². The molecular formula is C11H18F3NO. The van der Waals surface area contributed by atoms with Crippen LogP contribution in [-0.2, 0) is 4.79 Å². The Bertz CT molecular complexity index is 250. The molecule has 1 atom stereocenters. The van der Waals surface area contributed by atoms with Crippen molar-refractivity contribution < 1.29 is 18.0 Å². The largest absolute Gasteiger partial charge is 0.401 e. The van der Waals surface area contributed by atoms with E-state index in [1.807, 2.05) is 13.8 Å². The number of likely N-dealkylation sites (tertiary alicyclic amines) is 1. The highest BCUT2D eigenvalue weighted by Gasteiger charge is 2.34. The van der Waals surface area contributed by atoms with Crippen LogP contribution in [-0.4, -0.2) is 36.5 Å². The van der Waals surface area contributed by atoms with Crippen LogP contribution in [0.5, 0.6) is 0 Å². The molecule has 94 valence electrons. The molecule has 1 fully saturated rings. The smallest absolute Gasteiger partial charge is 0.299 e. The highest BCUT2D eigenvalue weighted by molar-refractivity contribution is 5.80. The second kappa shape index (κ2) is 5.17. The van der Waals surface area contributed by atoms with Gasteiger partial charge < -0.3 is 0 Å². The molecule has 0 unspecified atom stereocenters. The van der Waals surface area contributed by atoms with E-state index in [2.05, 4.69) is 0 Å². The molecule has 0 aromatic heterocycles. The highest BCUT2D eigenvalue weighted by atomic mass is 19.4. The van der Waals surface area contributed by atoms with Crippen LogP contribution in [0.15, 0.2) is 0 Å². The van der Waals surface area contributed by atoms with Crippen LogP contribution >= 0.6 is 0 Å². The van der Waals surface area contributed by atoms with Crippen LogP contribution in [0.4, 0.5) is 13.2 Å². The van der Waals surface area contributed by atoms with Gasteiger partial charge in [0, 0.05) is 18.9 Å². The molecule has 0 N–H and O–H groups in total. The van der Waals surface area contributed by atoms with E-state index < -0.39 is 12.7 Å². The molecule has 0 aromatic carbocycles. The minimum Gasteiger partial charge on any atom is -0.299 e. The third kappa shape index (κ3) is 4.51. The van der Waals surface area contributed by atoms with Gasteiger partial charge in [-0.1, -0.05) is 13.8 Å². The first-order chi connectivity index (χ1) is 7.28. The van der Waals surface area contributed by atoms with Crippen LogP contribution in [0.2, 0.25) is 0 Å². The van der Waals surface area contributed by atoms with E-state index in [1.165, 1.54) is 4.90 Å². The lowest BCUT2D eigenvalue weighted by Crippen LogP contribution is -2.32. The van der Waals surface area contributed by atoms with Gasteiger partial charge in [0.2, 0.25) is 0 Å². The molecule has 2 nitrogen and oxygen atoms in total.